The molecule has 0 aliphatic rings. The molecular weight excluding hydrogens is 375 g/mol. The van der Waals surface area contributed by atoms with Crippen LogP contribution < -0.4 is 14.8 Å². The summed E-state index contributed by atoms with van der Waals surface area (Å²) in [6.45, 7) is 1.58. The van der Waals surface area contributed by atoms with Crippen molar-refractivity contribution in [2.75, 3.05) is 12.4 Å². The van der Waals surface area contributed by atoms with Crippen molar-refractivity contribution in [3.63, 3.8) is 0 Å². The van der Waals surface area contributed by atoms with Gasteiger partial charge in [0.25, 0.3) is 5.91 Å². The Morgan fingerprint density at radius 1 is 1.26 bits per heavy atom. The Hall–Kier alpha value is -3.06. The summed E-state index contributed by atoms with van der Waals surface area (Å²) in [4.78, 5) is 12.6. The van der Waals surface area contributed by atoms with E-state index in [1.807, 2.05) is 0 Å². The highest BCUT2D eigenvalue weighted by molar-refractivity contribution is 6.32. The molecule has 8 heteroatoms. The van der Waals surface area contributed by atoms with Crippen LogP contribution in [0.4, 0.5) is 10.1 Å². The van der Waals surface area contributed by atoms with E-state index in [1.165, 1.54) is 19.2 Å². The fourth-order valence-electron chi connectivity index (χ4n) is 2.39. The molecule has 0 saturated carbocycles. The molecule has 1 N–H and O–H groups in total. The van der Waals surface area contributed by atoms with E-state index in [0.717, 1.165) is 0 Å². The van der Waals surface area contributed by atoms with Crippen molar-refractivity contribution in [1.29, 1.82) is 0 Å². The molecule has 6 nitrogen and oxygen atoms in total. The molecule has 0 unspecified atom stereocenters. The standard InChI is InChI=1S/C19H16ClFN2O4/c1-11-13(10-26-17-6-4-3-5-15(17)21)18(23-27-11)19(24)22-12-7-8-16(25-2)14(20)9-12/h3-9H,10H2,1-2H3,(H,22,24). The maximum absolute atomic E-state index is 13.7. The Bertz CT molecular complexity index is 974. The lowest BCUT2D eigenvalue weighted by Crippen LogP contribution is -2.15. The maximum Gasteiger partial charge on any atom is 0.278 e. The second-order valence-electron chi connectivity index (χ2n) is 5.59. The summed E-state index contributed by atoms with van der Waals surface area (Å²) in [5, 5.41) is 6.82. The molecule has 1 heterocycles. The number of aromatic nitrogens is 1. The molecule has 1 aromatic heterocycles. The average molecular weight is 391 g/mol. The van der Waals surface area contributed by atoms with Crippen molar-refractivity contribution in [2.45, 2.75) is 13.5 Å². The number of amides is 1. The number of nitrogens with one attached hydrogen (secondary N) is 1. The summed E-state index contributed by atoms with van der Waals surface area (Å²) < 4.78 is 29.3. The van der Waals surface area contributed by atoms with Crippen molar-refractivity contribution >= 4 is 23.2 Å². The molecule has 0 aliphatic carbocycles. The lowest BCUT2D eigenvalue weighted by molar-refractivity contribution is 0.101. The molecule has 0 spiro atoms. The highest BCUT2D eigenvalue weighted by Gasteiger charge is 2.21. The fourth-order valence-corrected chi connectivity index (χ4v) is 2.64. The summed E-state index contributed by atoms with van der Waals surface area (Å²) in [7, 11) is 1.50. The second-order valence-corrected chi connectivity index (χ2v) is 6.00. The third-order valence-corrected chi connectivity index (χ3v) is 4.11. The van der Waals surface area contributed by atoms with Crippen molar-refractivity contribution < 1.29 is 23.2 Å². The zero-order valence-corrected chi connectivity index (χ0v) is 15.3. The number of halogens is 2. The normalized spacial score (nSPS) is 10.5. The molecule has 2 aromatic carbocycles. The molecule has 3 aromatic rings. The number of carbonyl (C=O) groups excluding carboxylic acids is 1. The number of ether oxygens (including phenoxy) is 2. The number of aryl methyl sites for hydroxylation is 1. The molecular formula is C19H16ClFN2O4. The molecule has 0 radical (unpaired) electrons. The lowest BCUT2D eigenvalue weighted by atomic mass is 10.2. The summed E-state index contributed by atoms with van der Waals surface area (Å²) in [6.07, 6.45) is 0. The van der Waals surface area contributed by atoms with E-state index in [9.17, 15) is 9.18 Å². The number of hydrogen-bond acceptors (Lipinski definition) is 5. The minimum Gasteiger partial charge on any atom is -0.495 e. The number of para-hydroxylation sites is 1. The summed E-state index contributed by atoms with van der Waals surface area (Å²) in [6, 6.07) is 10.8. The predicted octanol–water partition coefficient (Wildman–Crippen LogP) is 4.62. The van der Waals surface area contributed by atoms with Crippen LogP contribution in [0.3, 0.4) is 0 Å². The SMILES string of the molecule is COc1ccc(NC(=O)c2noc(C)c2COc2ccccc2F)cc1Cl. The van der Waals surface area contributed by atoms with E-state index in [2.05, 4.69) is 10.5 Å². The quantitative estimate of drug-likeness (QED) is 0.665. The van der Waals surface area contributed by atoms with Gasteiger partial charge in [-0.2, -0.15) is 0 Å². The molecule has 140 valence electrons. The minimum atomic E-state index is -0.500. The van der Waals surface area contributed by atoms with Gasteiger partial charge in [0.05, 0.1) is 17.7 Å². The highest BCUT2D eigenvalue weighted by atomic mass is 35.5. The number of carbonyl (C=O) groups is 1. The maximum atomic E-state index is 13.7. The van der Waals surface area contributed by atoms with E-state index < -0.39 is 11.7 Å². The Morgan fingerprint density at radius 3 is 2.74 bits per heavy atom. The first-order valence-electron chi connectivity index (χ1n) is 7.97. The van der Waals surface area contributed by atoms with Gasteiger partial charge in [0.1, 0.15) is 18.1 Å². The van der Waals surface area contributed by atoms with E-state index >= 15 is 0 Å². The van der Waals surface area contributed by atoms with E-state index in [0.29, 0.717) is 27.8 Å². The third-order valence-electron chi connectivity index (χ3n) is 3.82. The van der Waals surface area contributed by atoms with Crippen LogP contribution in [0.2, 0.25) is 5.02 Å². The van der Waals surface area contributed by atoms with Crippen LogP contribution in [-0.2, 0) is 6.61 Å². The van der Waals surface area contributed by atoms with E-state index in [4.69, 9.17) is 25.6 Å². The van der Waals surface area contributed by atoms with Crippen LogP contribution in [0.1, 0.15) is 21.8 Å². The Morgan fingerprint density at radius 2 is 2.04 bits per heavy atom. The molecule has 0 atom stereocenters. The Kier molecular flexibility index (Phi) is 5.61. The van der Waals surface area contributed by atoms with Gasteiger partial charge in [0.15, 0.2) is 17.3 Å². The van der Waals surface area contributed by atoms with Crippen LogP contribution in [-0.4, -0.2) is 18.2 Å². The van der Waals surface area contributed by atoms with Crippen molar-refractivity contribution in [3.8, 4) is 11.5 Å². The summed E-state index contributed by atoms with van der Waals surface area (Å²) >= 11 is 6.06. The topological polar surface area (TPSA) is 73.6 Å². The van der Waals surface area contributed by atoms with Crippen molar-refractivity contribution in [3.05, 3.63) is 70.3 Å². The van der Waals surface area contributed by atoms with Crippen LogP contribution in [0.5, 0.6) is 11.5 Å². The lowest BCUT2D eigenvalue weighted by Gasteiger charge is -2.09. The molecule has 0 fully saturated rings. The monoisotopic (exact) mass is 390 g/mol. The van der Waals surface area contributed by atoms with Crippen LogP contribution >= 0.6 is 11.6 Å². The van der Waals surface area contributed by atoms with Gasteiger partial charge in [0.2, 0.25) is 0 Å². The summed E-state index contributed by atoms with van der Waals surface area (Å²) in [5.41, 5.74) is 0.943. The largest absolute Gasteiger partial charge is 0.495 e. The predicted molar refractivity (Wildman–Crippen MR) is 97.9 cm³/mol. The first-order chi connectivity index (χ1) is 13.0. The number of hydrogen-bond donors (Lipinski definition) is 1. The molecule has 1 amide bonds. The number of methoxy groups -OCH3 is 1. The van der Waals surface area contributed by atoms with E-state index in [-0.39, 0.29) is 18.1 Å². The van der Waals surface area contributed by atoms with Gasteiger partial charge in [-0.05, 0) is 37.3 Å². The van der Waals surface area contributed by atoms with Gasteiger partial charge in [-0.25, -0.2) is 4.39 Å². The van der Waals surface area contributed by atoms with E-state index in [1.54, 1.807) is 37.3 Å². The van der Waals surface area contributed by atoms with Gasteiger partial charge in [0, 0.05) is 5.69 Å². The Balaban J connectivity index is 1.76. The van der Waals surface area contributed by atoms with Gasteiger partial charge in [-0.15, -0.1) is 0 Å². The number of nitrogens with zero attached hydrogens (tertiary/aromatic N) is 1. The van der Waals surface area contributed by atoms with Crippen LogP contribution in [0, 0.1) is 12.7 Å². The van der Waals surface area contributed by atoms with Gasteiger partial charge in [-0.3, -0.25) is 4.79 Å². The fraction of sp³-hybridized carbons (Fsp3) is 0.158. The summed E-state index contributed by atoms with van der Waals surface area (Å²) in [5.74, 6) is -0.0210. The van der Waals surface area contributed by atoms with Crippen LogP contribution in [0.25, 0.3) is 0 Å². The smallest absolute Gasteiger partial charge is 0.278 e. The van der Waals surface area contributed by atoms with Crippen LogP contribution in [0.15, 0.2) is 47.0 Å². The third kappa shape index (κ3) is 4.20. The van der Waals surface area contributed by atoms with Crippen molar-refractivity contribution in [2.24, 2.45) is 0 Å². The Labute approximate surface area is 159 Å². The molecule has 0 saturated heterocycles. The zero-order valence-electron chi connectivity index (χ0n) is 14.6. The molecule has 3 rings (SSSR count). The second kappa shape index (κ2) is 8.09. The molecule has 0 aliphatic heterocycles. The first-order valence-corrected chi connectivity index (χ1v) is 8.34. The average Bonchev–Trinajstić information content (AvgIpc) is 3.02. The number of rotatable bonds is 6. The zero-order chi connectivity index (χ0) is 19.4. The van der Waals surface area contributed by atoms with Gasteiger partial charge in [-0.1, -0.05) is 28.9 Å². The molecule has 0 bridgehead atoms. The number of benzene rings is 2. The highest BCUT2D eigenvalue weighted by Crippen LogP contribution is 2.28. The van der Waals surface area contributed by atoms with Crippen molar-refractivity contribution in [1.82, 2.24) is 5.16 Å². The number of anilines is 1. The van der Waals surface area contributed by atoms with Gasteiger partial charge < -0.3 is 19.3 Å². The minimum absolute atomic E-state index is 0.0516. The van der Waals surface area contributed by atoms with Gasteiger partial charge >= 0.3 is 0 Å². The first kappa shape index (κ1) is 18.7. The molecule has 27 heavy (non-hydrogen) atoms.